The van der Waals surface area contributed by atoms with Crippen molar-refractivity contribution < 1.29 is 17.6 Å². The van der Waals surface area contributed by atoms with E-state index in [2.05, 4.69) is 0 Å². The van der Waals surface area contributed by atoms with Crippen LogP contribution in [0.25, 0.3) is 0 Å². The Morgan fingerprint density at radius 3 is 2.33 bits per heavy atom. The quantitative estimate of drug-likeness (QED) is 0.579. The summed E-state index contributed by atoms with van der Waals surface area (Å²) in [6, 6.07) is 6.12. The van der Waals surface area contributed by atoms with Gasteiger partial charge in [0.15, 0.2) is 5.25 Å². The zero-order valence-electron chi connectivity index (χ0n) is 7.25. The van der Waals surface area contributed by atoms with Crippen LogP contribution in [-0.4, -0.2) is 11.4 Å². The number of rotatable bonds is 2. The van der Waals surface area contributed by atoms with Gasteiger partial charge in [-0.05, 0) is 12.1 Å². The average Bonchev–Trinajstić information content (AvgIpc) is 2.14. The number of halogens is 4. The summed E-state index contributed by atoms with van der Waals surface area (Å²) in [5.41, 5.74) is 0. The summed E-state index contributed by atoms with van der Waals surface area (Å²) >= 11 is 0.161. The first-order chi connectivity index (χ1) is 6.95. The van der Waals surface area contributed by atoms with E-state index in [1.54, 1.807) is 0 Å². The van der Waals surface area contributed by atoms with E-state index in [0.29, 0.717) is 0 Å². The van der Waals surface area contributed by atoms with Crippen molar-refractivity contribution in [1.82, 2.24) is 0 Å². The van der Waals surface area contributed by atoms with Crippen molar-refractivity contribution in [3.63, 3.8) is 0 Å². The lowest BCUT2D eigenvalue weighted by Gasteiger charge is -2.12. The molecular formula is C9H5F4NS. The van der Waals surface area contributed by atoms with E-state index < -0.39 is 17.2 Å². The third-order valence-corrected chi connectivity index (χ3v) is 2.69. The van der Waals surface area contributed by atoms with Gasteiger partial charge >= 0.3 is 6.18 Å². The second kappa shape index (κ2) is 4.53. The molecule has 15 heavy (non-hydrogen) atoms. The van der Waals surface area contributed by atoms with E-state index in [-0.39, 0.29) is 16.7 Å². The van der Waals surface area contributed by atoms with Crippen LogP contribution in [0.5, 0.6) is 0 Å². The van der Waals surface area contributed by atoms with E-state index >= 15 is 0 Å². The Hall–Kier alpha value is -1.22. The predicted molar refractivity (Wildman–Crippen MR) is 47.7 cm³/mol. The summed E-state index contributed by atoms with van der Waals surface area (Å²) < 4.78 is 49.5. The van der Waals surface area contributed by atoms with Gasteiger partial charge in [-0.2, -0.15) is 18.4 Å². The van der Waals surface area contributed by atoms with Gasteiger partial charge in [0.25, 0.3) is 0 Å². The highest BCUT2D eigenvalue weighted by molar-refractivity contribution is 8.00. The van der Waals surface area contributed by atoms with Gasteiger partial charge in [-0.15, -0.1) is 0 Å². The minimum atomic E-state index is -4.65. The van der Waals surface area contributed by atoms with E-state index in [0.717, 1.165) is 12.1 Å². The van der Waals surface area contributed by atoms with Crippen molar-refractivity contribution in [2.24, 2.45) is 0 Å². The lowest BCUT2D eigenvalue weighted by molar-refractivity contribution is -0.118. The van der Waals surface area contributed by atoms with E-state index in [1.165, 1.54) is 18.2 Å². The van der Waals surface area contributed by atoms with Gasteiger partial charge in [-0.25, -0.2) is 4.39 Å². The Bertz CT molecular complexity index is 382. The molecule has 0 aliphatic carbocycles. The lowest BCUT2D eigenvalue weighted by Crippen LogP contribution is -2.23. The van der Waals surface area contributed by atoms with Crippen LogP contribution in [0.2, 0.25) is 0 Å². The number of alkyl halides is 3. The first kappa shape index (κ1) is 11.9. The predicted octanol–water partition coefficient (Wildman–Crippen LogP) is 3.37. The number of hydrogen-bond acceptors (Lipinski definition) is 2. The van der Waals surface area contributed by atoms with Gasteiger partial charge in [0.2, 0.25) is 0 Å². The van der Waals surface area contributed by atoms with Crippen LogP contribution in [0.15, 0.2) is 29.2 Å². The number of nitriles is 1. The third-order valence-electron chi connectivity index (χ3n) is 1.50. The standard InChI is InChI=1S/C9H5F4NS/c10-6-3-1-2-4-7(6)15-8(5-14)9(11,12)13/h1-4,8H. The Morgan fingerprint density at radius 1 is 1.27 bits per heavy atom. The zero-order chi connectivity index (χ0) is 11.5. The van der Waals surface area contributed by atoms with Gasteiger partial charge in [0.05, 0.1) is 6.07 Å². The highest BCUT2D eigenvalue weighted by Crippen LogP contribution is 2.35. The maximum atomic E-state index is 13.0. The topological polar surface area (TPSA) is 23.8 Å². The molecule has 1 aromatic rings. The molecule has 1 rings (SSSR count). The molecule has 1 atom stereocenters. The molecule has 80 valence electrons. The number of benzene rings is 1. The Balaban J connectivity index is 2.87. The summed E-state index contributed by atoms with van der Waals surface area (Å²) in [5.74, 6) is -0.757. The second-order valence-corrected chi connectivity index (χ2v) is 3.75. The van der Waals surface area contributed by atoms with E-state index in [1.807, 2.05) is 0 Å². The van der Waals surface area contributed by atoms with Gasteiger partial charge in [-0.1, -0.05) is 23.9 Å². The second-order valence-electron chi connectivity index (χ2n) is 2.60. The third kappa shape index (κ3) is 3.13. The monoisotopic (exact) mass is 235 g/mol. The summed E-state index contributed by atoms with van der Waals surface area (Å²) in [7, 11) is 0. The largest absolute Gasteiger partial charge is 0.413 e. The molecule has 0 aromatic heterocycles. The summed E-state index contributed by atoms with van der Waals surface area (Å²) in [6.45, 7) is 0. The fraction of sp³-hybridized carbons (Fsp3) is 0.222. The molecule has 0 spiro atoms. The number of nitrogens with zero attached hydrogens (tertiary/aromatic N) is 1. The van der Waals surface area contributed by atoms with E-state index in [9.17, 15) is 17.6 Å². The molecule has 0 aliphatic heterocycles. The molecule has 0 saturated heterocycles. The molecule has 1 unspecified atom stereocenters. The van der Waals surface area contributed by atoms with Crippen molar-refractivity contribution in [1.29, 1.82) is 5.26 Å². The molecule has 0 N–H and O–H groups in total. The normalized spacial score (nSPS) is 13.3. The fourth-order valence-electron chi connectivity index (χ4n) is 0.834. The molecule has 1 nitrogen and oxygen atoms in total. The maximum absolute atomic E-state index is 13.0. The van der Waals surface area contributed by atoms with Gasteiger partial charge in [-0.3, -0.25) is 0 Å². The Labute approximate surface area is 87.7 Å². The molecule has 0 bridgehead atoms. The molecule has 0 radical (unpaired) electrons. The first-order valence-corrected chi connectivity index (χ1v) is 4.70. The number of hydrogen-bond donors (Lipinski definition) is 0. The Kier molecular flexibility index (Phi) is 3.58. The van der Waals surface area contributed by atoms with Crippen molar-refractivity contribution in [2.45, 2.75) is 16.3 Å². The van der Waals surface area contributed by atoms with Crippen LogP contribution in [-0.2, 0) is 0 Å². The minimum Gasteiger partial charge on any atom is -0.206 e. The van der Waals surface area contributed by atoms with Crippen molar-refractivity contribution in [3.05, 3.63) is 30.1 Å². The number of thioether (sulfide) groups is 1. The van der Waals surface area contributed by atoms with E-state index in [4.69, 9.17) is 5.26 Å². The first-order valence-electron chi connectivity index (χ1n) is 3.82. The average molecular weight is 235 g/mol. The summed E-state index contributed by atoms with van der Waals surface area (Å²) in [5, 5.41) is 6.06. The molecule has 0 amide bonds. The maximum Gasteiger partial charge on any atom is 0.413 e. The molecule has 6 heteroatoms. The van der Waals surface area contributed by atoms with Gasteiger partial charge < -0.3 is 0 Å². The van der Waals surface area contributed by atoms with Gasteiger partial charge in [0.1, 0.15) is 5.82 Å². The molecule has 0 fully saturated rings. The fourth-order valence-corrected chi connectivity index (χ4v) is 1.61. The summed E-state index contributed by atoms with van der Waals surface area (Å²) in [4.78, 5) is -0.179. The van der Waals surface area contributed by atoms with Gasteiger partial charge in [0, 0.05) is 4.90 Å². The van der Waals surface area contributed by atoms with Crippen LogP contribution in [0, 0.1) is 17.1 Å². The highest BCUT2D eigenvalue weighted by Gasteiger charge is 2.41. The zero-order valence-corrected chi connectivity index (χ0v) is 8.07. The molecular weight excluding hydrogens is 230 g/mol. The minimum absolute atomic E-state index is 0.161. The van der Waals surface area contributed by atoms with Crippen molar-refractivity contribution in [2.75, 3.05) is 0 Å². The molecule has 1 aromatic carbocycles. The van der Waals surface area contributed by atoms with Crippen LogP contribution in [0.4, 0.5) is 17.6 Å². The van der Waals surface area contributed by atoms with Crippen LogP contribution >= 0.6 is 11.8 Å². The molecule has 0 saturated carbocycles. The SMILES string of the molecule is N#CC(Sc1ccccc1F)C(F)(F)F. The van der Waals surface area contributed by atoms with Crippen LogP contribution < -0.4 is 0 Å². The van der Waals surface area contributed by atoms with Crippen LogP contribution in [0.1, 0.15) is 0 Å². The lowest BCUT2D eigenvalue weighted by atomic mass is 10.3. The Morgan fingerprint density at radius 2 is 1.87 bits per heavy atom. The van der Waals surface area contributed by atoms with Crippen molar-refractivity contribution >= 4 is 11.8 Å². The smallest absolute Gasteiger partial charge is 0.206 e. The molecule has 0 heterocycles. The molecule has 0 aliphatic rings. The summed E-state index contributed by atoms with van der Waals surface area (Å²) in [6.07, 6.45) is -4.65. The van der Waals surface area contributed by atoms with Crippen LogP contribution in [0.3, 0.4) is 0 Å². The van der Waals surface area contributed by atoms with Crippen molar-refractivity contribution in [3.8, 4) is 6.07 Å². The highest BCUT2D eigenvalue weighted by atomic mass is 32.2.